The standard InChI is InChI=1S/C19H20N2O7/c1-24-14-5-7-15(8-6-14)27-12-18(22)21-20-11-13-4-9-16(17(10-13)25-2)28-19(23)26-3/h4-11H,12H2,1-3H3,(H,21,22)/b20-11+. The molecule has 28 heavy (non-hydrogen) atoms. The van der Waals surface area contributed by atoms with E-state index in [1.165, 1.54) is 26.5 Å². The molecule has 0 aliphatic rings. The topological polar surface area (TPSA) is 105 Å². The second-order valence-corrected chi connectivity index (χ2v) is 5.22. The number of hydrogen-bond donors (Lipinski definition) is 1. The molecule has 2 rings (SSSR count). The van der Waals surface area contributed by atoms with Gasteiger partial charge in [-0.3, -0.25) is 4.79 Å². The fourth-order valence-corrected chi connectivity index (χ4v) is 2.01. The van der Waals surface area contributed by atoms with Gasteiger partial charge in [0.05, 0.1) is 27.5 Å². The van der Waals surface area contributed by atoms with Crippen molar-refractivity contribution in [3.8, 4) is 23.0 Å². The highest BCUT2D eigenvalue weighted by Gasteiger charge is 2.10. The fourth-order valence-electron chi connectivity index (χ4n) is 2.01. The van der Waals surface area contributed by atoms with Crippen LogP contribution in [0.1, 0.15) is 5.56 Å². The zero-order valence-corrected chi connectivity index (χ0v) is 15.6. The third kappa shape index (κ3) is 6.20. The Morgan fingerprint density at radius 3 is 2.32 bits per heavy atom. The van der Waals surface area contributed by atoms with Crippen LogP contribution in [0.5, 0.6) is 23.0 Å². The third-order valence-corrected chi connectivity index (χ3v) is 3.38. The van der Waals surface area contributed by atoms with Crippen LogP contribution in [0.15, 0.2) is 47.6 Å². The Morgan fingerprint density at radius 1 is 0.964 bits per heavy atom. The Bertz CT molecular complexity index is 835. The Labute approximate surface area is 161 Å². The number of ether oxygens (including phenoxy) is 5. The van der Waals surface area contributed by atoms with Crippen LogP contribution in [0.2, 0.25) is 0 Å². The van der Waals surface area contributed by atoms with Crippen LogP contribution < -0.4 is 24.4 Å². The molecule has 2 aromatic carbocycles. The molecule has 0 heterocycles. The van der Waals surface area contributed by atoms with Crippen LogP contribution in [0, 0.1) is 0 Å². The molecule has 9 nitrogen and oxygen atoms in total. The molecule has 0 fully saturated rings. The summed E-state index contributed by atoms with van der Waals surface area (Å²) in [7, 11) is 4.20. The maximum Gasteiger partial charge on any atom is 0.513 e. The molecule has 0 aromatic heterocycles. The normalized spacial score (nSPS) is 10.2. The van der Waals surface area contributed by atoms with Crippen LogP contribution >= 0.6 is 0 Å². The monoisotopic (exact) mass is 388 g/mol. The third-order valence-electron chi connectivity index (χ3n) is 3.38. The zero-order chi connectivity index (χ0) is 20.4. The average Bonchev–Trinajstić information content (AvgIpc) is 2.73. The molecule has 0 saturated carbocycles. The van der Waals surface area contributed by atoms with Gasteiger partial charge in [0.1, 0.15) is 11.5 Å². The molecule has 0 aliphatic carbocycles. The maximum absolute atomic E-state index is 11.8. The molecule has 1 N–H and O–H groups in total. The Kier molecular flexibility index (Phi) is 7.64. The Morgan fingerprint density at radius 2 is 1.68 bits per heavy atom. The first-order valence-electron chi connectivity index (χ1n) is 8.08. The molecule has 1 amide bonds. The van der Waals surface area contributed by atoms with Gasteiger partial charge in [-0.2, -0.15) is 5.10 Å². The van der Waals surface area contributed by atoms with E-state index in [4.69, 9.17) is 18.9 Å². The van der Waals surface area contributed by atoms with Crippen LogP contribution in [-0.2, 0) is 9.53 Å². The minimum absolute atomic E-state index is 0.196. The van der Waals surface area contributed by atoms with Crippen molar-refractivity contribution in [1.82, 2.24) is 5.43 Å². The molecule has 0 saturated heterocycles. The number of amides is 1. The smallest absolute Gasteiger partial charge is 0.497 e. The van der Waals surface area contributed by atoms with Crippen molar-refractivity contribution in [2.75, 3.05) is 27.9 Å². The van der Waals surface area contributed by atoms with E-state index in [0.29, 0.717) is 22.8 Å². The molecular weight excluding hydrogens is 368 g/mol. The summed E-state index contributed by atoms with van der Waals surface area (Å²) in [6, 6.07) is 11.6. The van der Waals surface area contributed by atoms with Gasteiger partial charge in [0, 0.05) is 0 Å². The highest BCUT2D eigenvalue weighted by molar-refractivity contribution is 5.84. The molecule has 0 unspecified atom stereocenters. The van der Waals surface area contributed by atoms with Crippen molar-refractivity contribution >= 4 is 18.3 Å². The first-order valence-corrected chi connectivity index (χ1v) is 8.08. The van der Waals surface area contributed by atoms with Gasteiger partial charge >= 0.3 is 6.16 Å². The summed E-state index contributed by atoms with van der Waals surface area (Å²) < 4.78 is 24.9. The molecule has 2 aromatic rings. The number of hydrogen-bond acceptors (Lipinski definition) is 8. The zero-order valence-electron chi connectivity index (χ0n) is 15.6. The van der Waals surface area contributed by atoms with E-state index >= 15 is 0 Å². The van der Waals surface area contributed by atoms with E-state index in [0.717, 1.165) is 0 Å². The Balaban J connectivity index is 1.87. The first kappa shape index (κ1) is 20.6. The van der Waals surface area contributed by atoms with Crippen molar-refractivity contribution in [2.24, 2.45) is 5.10 Å². The van der Waals surface area contributed by atoms with Gasteiger partial charge in [0.2, 0.25) is 0 Å². The van der Waals surface area contributed by atoms with E-state index in [1.807, 2.05) is 0 Å². The van der Waals surface area contributed by atoms with Gasteiger partial charge in [0.15, 0.2) is 18.1 Å². The summed E-state index contributed by atoms with van der Waals surface area (Å²) in [6.45, 7) is -0.196. The largest absolute Gasteiger partial charge is 0.513 e. The number of benzene rings is 2. The lowest BCUT2D eigenvalue weighted by atomic mass is 10.2. The summed E-state index contributed by atoms with van der Waals surface area (Å²) in [4.78, 5) is 23.0. The van der Waals surface area contributed by atoms with Crippen molar-refractivity contribution in [3.63, 3.8) is 0 Å². The highest BCUT2D eigenvalue weighted by atomic mass is 16.7. The lowest BCUT2D eigenvalue weighted by Gasteiger charge is -2.08. The molecular formula is C19H20N2O7. The van der Waals surface area contributed by atoms with Crippen molar-refractivity contribution in [2.45, 2.75) is 0 Å². The van der Waals surface area contributed by atoms with E-state index < -0.39 is 12.1 Å². The van der Waals surface area contributed by atoms with E-state index in [2.05, 4.69) is 15.3 Å². The van der Waals surface area contributed by atoms with Gasteiger partial charge in [-0.1, -0.05) is 0 Å². The Hall–Kier alpha value is -3.75. The van der Waals surface area contributed by atoms with Crippen molar-refractivity contribution in [3.05, 3.63) is 48.0 Å². The maximum atomic E-state index is 11.8. The number of nitrogens with one attached hydrogen (secondary N) is 1. The molecule has 0 spiro atoms. The minimum atomic E-state index is -0.858. The quantitative estimate of drug-likeness (QED) is 0.320. The highest BCUT2D eigenvalue weighted by Crippen LogP contribution is 2.27. The van der Waals surface area contributed by atoms with Gasteiger partial charge in [-0.15, -0.1) is 0 Å². The lowest BCUT2D eigenvalue weighted by Crippen LogP contribution is -2.24. The number of rotatable bonds is 8. The summed E-state index contributed by atoms with van der Waals surface area (Å²) in [5, 5.41) is 3.85. The predicted molar refractivity (Wildman–Crippen MR) is 100 cm³/mol. The van der Waals surface area contributed by atoms with Gasteiger partial charge in [-0.25, -0.2) is 10.2 Å². The SMILES string of the molecule is COC(=O)Oc1ccc(/C=N/NC(=O)COc2ccc(OC)cc2)cc1OC. The van der Waals surface area contributed by atoms with Gasteiger partial charge < -0.3 is 23.7 Å². The minimum Gasteiger partial charge on any atom is -0.497 e. The van der Waals surface area contributed by atoms with Crippen LogP contribution in [0.3, 0.4) is 0 Å². The van der Waals surface area contributed by atoms with Crippen LogP contribution in [0.4, 0.5) is 4.79 Å². The fraction of sp³-hybridized carbons (Fsp3) is 0.211. The van der Waals surface area contributed by atoms with E-state index in [9.17, 15) is 9.59 Å². The molecule has 9 heteroatoms. The van der Waals surface area contributed by atoms with Crippen molar-refractivity contribution < 1.29 is 33.3 Å². The van der Waals surface area contributed by atoms with Crippen LogP contribution in [0.25, 0.3) is 0 Å². The molecule has 0 aliphatic heterocycles. The lowest BCUT2D eigenvalue weighted by molar-refractivity contribution is -0.123. The number of hydrazone groups is 1. The number of carbonyl (C=O) groups excluding carboxylic acids is 2. The average molecular weight is 388 g/mol. The summed E-state index contributed by atoms with van der Waals surface area (Å²) >= 11 is 0. The van der Waals surface area contributed by atoms with E-state index in [-0.39, 0.29) is 12.4 Å². The summed E-state index contributed by atoms with van der Waals surface area (Å²) in [5.41, 5.74) is 2.97. The molecule has 0 radical (unpaired) electrons. The molecule has 148 valence electrons. The van der Waals surface area contributed by atoms with E-state index in [1.54, 1.807) is 43.5 Å². The summed E-state index contributed by atoms with van der Waals surface area (Å²) in [5.74, 6) is 1.31. The predicted octanol–water partition coefficient (Wildman–Crippen LogP) is 2.38. The van der Waals surface area contributed by atoms with Gasteiger partial charge in [0.25, 0.3) is 5.91 Å². The first-order chi connectivity index (χ1) is 13.5. The number of nitrogens with zero attached hydrogens (tertiary/aromatic N) is 1. The second kappa shape index (κ2) is 10.4. The molecule has 0 atom stereocenters. The molecule has 0 bridgehead atoms. The van der Waals surface area contributed by atoms with Crippen molar-refractivity contribution in [1.29, 1.82) is 0 Å². The second-order valence-electron chi connectivity index (χ2n) is 5.22. The summed E-state index contributed by atoms with van der Waals surface area (Å²) in [6.07, 6.45) is 0.555. The number of methoxy groups -OCH3 is 3. The number of carbonyl (C=O) groups is 2. The van der Waals surface area contributed by atoms with Crippen LogP contribution in [-0.4, -0.2) is 46.2 Å². The van der Waals surface area contributed by atoms with Gasteiger partial charge in [-0.05, 0) is 48.0 Å².